The van der Waals surface area contributed by atoms with E-state index in [0.717, 1.165) is 12.0 Å². The van der Waals surface area contributed by atoms with Gasteiger partial charge in [0.2, 0.25) is 0 Å². The Kier molecular flexibility index (Phi) is 3.14. The van der Waals surface area contributed by atoms with Gasteiger partial charge >= 0.3 is 5.97 Å². The fourth-order valence-electron chi connectivity index (χ4n) is 1.72. The Labute approximate surface area is 85.6 Å². The van der Waals surface area contributed by atoms with Gasteiger partial charge in [-0.25, -0.2) is 0 Å². The first kappa shape index (κ1) is 11.0. The van der Waals surface area contributed by atoms with Crippen molar-refractivity contribution in [1.82, 2.24) is 0 Å². The summed E-state index contributed by atoms with van der Waals surface area (Å²) >= 11 is 0. The topological polar surface area (TPSA) is 26.3 Å². The normalized spacial score (nSPS) is 30.8. The smallest absolute Gasteiger partial charge is 0.302 e. The molecule has 2 heteroatoms. The van der Waals surface area contributed by atoms with E-state index in [1.165, 1.54) is 6.92 Å². The van der Waals surface area contributed by atoms with Crippen LogP contribution in [0.1, 0.15) is 27.2 Å². The molecule has 0 aromatic rings. The molecular formula is C12H18O2. The molecule has 78 valence electrons. The Morgan fingerprint density at radius 1 is 1.71 bits per heavy atom. The van der Waals surface area contributed by atoms with Crippen LogP contribution in [0.15, 0.2) is 24.3 Å². The molecule has 0 amide bonds. The zero-order chi connectivity index (χ0) is 10.8. The molecule has 0 aromatic carbocycles. The molecule has 0 aromatic heterocycles. The third kappa shape index (κ3) is 2.25. The molecule has 0 saturated heterocycles. The highest BCUT2D eigenvalue weighted by Crippen LogP contribution is 2.42. The summed E-state index contributed by atoms with van der Waals surface area (Å²) in [5, 5.41) is 0. The van der Waals surface area contributed by atoms with E-state index in [9.17, 15) is 4.79 Å². The summed E-state index contributed by atoms with van der Waals surface area (Å²) in [6.45, 7) is 10.3. The maximum atomic E-state index is 10.6. The molecule has 0 bridgehead atoms. The summed E-state index contributed by atoms with van der Waals surface area (Å²) in [5.74, 6) is 0.236. The van der Waals surface area contributed by atoms with Gasteiger partial charge < -0.3 is 4.74 Å². The van der Waals surface area contributed by atoms with Gasteiger partial charge in [-0.2, -0.15) is 0 Å². The van der Waals surface area contributed by atoms with Crippen molar-refractivity contribution in [2.24, 2.45) is 11.3 Å². The minimum Gasteiger partial charge on any atom is -0.466 e. The van der Waals surface area contributed by atoms with Crippen LogP contribution in [0, 0.1) is 11.3 Å². The summed E-state index contributed by atoms with van der Waals surface area (Å²) in [6.07, 6.45) is 5.10. The van der Waals surface area contributed by atoms with Crippen LogP contribution in [-0.2, 0) is 9.53 Å². The largest absolute Gasteiger partial charge is 0.466 e. The third-order valence-corrected chi connectivity index (χ3v) is 3.17. The zero-order valence-corrected chi connectivity index (χ0v) is 9.17. The van der Waals surface area contributed by atoms with Crippen molar-refractivity contribution in [3.63, 3.8) is 0 Å². The van der Waals surface area contributed by atoms with E-state index in [1.54, 1.807) is 0 Å². The minimum atomic E-state index is -0.206. The van der Waals surface area contributed by atoms with Gasteiger partial charge in [0, 0.05) is 6.92 Å². The Bertz CT molecular complexity index is 278. The first-order valence-corrected chi connectivity index (χ1v) is 4.97. The first-order chi connectivity index (χ1) is 6.46. The Hall–Kier alpha value is -1.05. The zero-order valence-electron chi connectivity index (χ0n) is 9.17. The van der Waals surface area contributed by atoms with Crippen LogP contribution in [0.5, 0.6) is 0 Å². The van der Waals surface area contributed by atoms with Crippen LogP contribution in [-0.4, -0.2) is 12.6 Å². The molecule has 0 N–H and O–H groups in total. The van der Waals surface area contributed by atoms with Crippen LogP contribution in [0.4, 0.5) is 0 Å². The second-order valence-corrected chi connectivity index (χ2v) is 4.23. The molecule has 2 nitrogen and oxygen atoms in total. The van der Waals surface area contributed by atoms with Crippen molar-refractivity contribution in [3.05, 3.63) is 24.3 Å². The molecule has 1 rings (SSSR count). The van der Waals surface area contributed by atoms with Gasteiger partial charge in [0.05, 0.1) is 6.61 Å². The van der Waals surface area contributed by atoms with Crippen molar-refractivity contribution >= 4 is 5.97 Å². The van der Waals surface area contributed by atoms with Crippen LogP contribution >= 0.6 is 0 Å². The van der Waals surface area contributed by atoms with Crippen LogP contribution in [0.2, 0.25) is 0 Å². The lowest BCUT2D eigenvalue weighted by Gasteiger charge is -2.28. The maximum Gasteiger partial charge on any atom is 0.302 e. The van der Waals surface area contributed by atoms with Crippen LogP contribution in [0.25, 0.3) is 0 Å². The molecule has 0 radical (unpaired) electrons. The second-order valence-electron chi connectivity index (χ2n) is 4.23. The first-order valence-electron chi connectivity index (χ1n) is 4.97. The molecule has 0 fully saturated rings. The second kappa shape index (κ2) is 3.99. The third-order valence-electron chi connectivity index (χ3n) is 3.17. The fourth-order valence-corrected chi connectivity index (χ4v) is 1.72. The minimum absolute atomic E-state index is 0.104. The highest BCUT2D eigenvalue weighted by Gasteiger charge is 2.33. The van der Waals surface area contributed by atoms with E-state index in [-0.39, 0.29) is 11.4 Å². The number of hydrogen-bond donors (Lipinski definition) is 0. The Balaban J connectivity index is 2.47. The predicted octanol–water partition coefficient (Wildman–Crippen LogP) is 2.71. The number of carbonyl (C=O) groups is 1. The monoisotopic (exact) mass is 194 g/mol. The van der Waals surface area contributed by atoms with Gasteiger partial charge in [-0.1, -0.05) is 38.2 Å². The van der Waals surface area contributed by atoms with E-state index >= 15 is 0 Å². The lowest BCUT2D eigenvalue weighted by molar-refractivity contribution is -0.141. The molecule has 0 unspecified atom stereocenters. The number of carbonyl (C=O) groups excluding carboxylic acids is 1. The van der Waals surface area contributed by atoms with Gasteiger partial charge in [-0.05, 0) is 17.8 Å². The number of allylic oxidation sites excluding steroid dienone is 3. The van der Waals surface area contributed by atoms with Crippen molar-refractivity contribution in [2.75, 3.05) is 6.61 Å². The van der Waals surface area contributed by atoms with E-state index in [2.05, 4.69) is 32.6 Å². The van der Waals surface area contributed by atoms with Gasteiger partial charge in [0.25, 0.3) is 0 Å². The Morgan fingerprint density at radius 2 is 2.36 bits per heavy atom. The summed E-state index contributed by atoms with van der Waals surface area (Å²) < 4.78 is 4.95. The van der Waals surface area contributed by atoms with E-state index < -0.39 is 0 Å². The van der Waals surface area contributed by atoms with Crippen LogP contribution < -0.4 is 0 Å². The highest BCUT2D eigenvalue weighted by atomic mass is 16.5. The van der Waals surface area contributed by atoms with E-state index in [1.807, 2.05) is 0 Å². The molecule has 1 aliphatic rings. The number of rotatable bonds is 3. The number of esters is 1. The molecule has 14 heavy (non-hydrogen) atoms. The predicted molar refractivity (Wildman–Crippen MR) is 56.8 cm³/mol. The highest BCUT2D eigenvalue weighted by molar-refractivity contribution is 5.65. The molecule has 0 spiro atoms. The molecule has 0 heterocycles. The quantitative estimate of drug-likeness (QED) is 0.646. The van der Waals surface area contributed by atoms with Crippen LogP contribution in [0.3, 0.4) is 0 Å². The summed E-state index contributed by atoms with van der Waals surface area (Å²) in [6, 6.07) is 0. The molecular weight excluding hydrogens is 176 g/mol. The van der Waals surface area contributed by atoms with Crippen molar-refractivity contribution < 1.29 is 9.53 Å². The summed E-state index contributed by atoms with van der Waals surface area (Å²) in [5.41, 5.74) is 1.27. The fraction of sp³-hybridized carbons (Fsp3) is 0.583. The molecule has 0 aliphatic heterocycles. The molecule has 0 saturated carbocycles. The van der Waals surface area contributed by atoms with E-state index in [4.69, 9.17) is 4.74 Å². The van der Waals surface area contributed by atoms with Gasteiger partial charge in [0.1, 0.15) is 0 Å². The van der Waals surface area contributed by atoms with Crippen molar-refractivity contribution in [2.45, 2.75) is 27.2 Å². The van der Waals surface area contributed by atoms with Crippen molar-refractivity contribution in [1.29, 1.82) is 0 Å². The van der Waals surface area contributed by atoms with Gasteiger partial charge in [-0.15, -0.1) is 0 Å². The summed E-state index contributed by atoms with van der Waals surface area (Å²) in [7, 11) is 0. The lowest BCUT2D eigenvalue weighted by Crippen LogP contribution is -2.22. The number of hydrogen-bond acceptors (Lipinski definition) is 2. The Morgan fingerprint density at radius 3 is 2.79 bits per heavy atom. The maximum absolute atomic E-state index is 10.6. The summed E-state index contributed by atoms with van der Waals surface area (Å²) in [4.78, 5) is 10.6. The van der Waals surface area contributed by atoms with E-state index in [0.29, 0.717) is 12.5 Å². The van der Waals surface area contributed by atoms with Gasteiger partial charge in [-0.3, -0.25) is 4.79 Å². The molecule has 2 atom stereocenters. The average molecular weight is 194 g/mol. The van der Waals surface area contributed by atoms with Crippen molar-refractivity contribution in [3.8, 4) is 0 Å². The average Bonchev–Trinajstić information content (AvgIpc) is 2.34. The standard InChI is InChI=1S/C12H18O2/c1-9-5-6-12(4,10(9)2)7-8-14-11(3)13/h5-6,10H,1,7-8H2,2-4H3/t10-,12-/m0/s1. The SMILES string of the molecule is C=C1C=C[C@@](C)(CCOC(C)=O)[C@H]1C. The van der Waals surface area contributed by atoms with Gasteiger partial charge in [0.15, 0.2) is 0 Å². The lowest BCUT2D eigenvalue weighted by atomic mass is 9.77. The molecule has 1 aliphatic carbocycles. The number of ether oxygens (including phenoxy) is 1.